The minimum absolute atomic E-state index is 0.0379. The third kappa shape index (κ3) is 4.22. The molecule has 0 aliphatic carbocycles. The zero-order valence-corrected chi connectivity index (χ0v) is 10.3. The molecule has 0 spiro atoms. The van der Waals surface area contributed by atoms with E-state index in [1.807, 2.05) is 6.92 Å². The van der Waals surface area contributed by atoms with Crippen LogP contribution < -0.4 is 5.32 Å². The molecule has 0 aromatic rings. The third-order valence-electron chi connectivity index (χ3n) is 2.87. The number of hydrogen-bond donors (Lipinski definition) is 2. The Morgan fingerprint density at radius 1 is 1.59 bits per heavy atom. The fourth-order valence-corrected chi connectivity index (χ4v) is 1.73. The molecular formula is C11H20N2O4. The molecule has 1 rings (SSSR count). The molecule has 2 unspecified atom stereocenters. The van der Waals surface area contributed by atoms with Crippen LogP contribution in [0.2, 0.25) is 0 Å². The fourth-order valence-electron chi connectivity index (χ4n) is 1.73. The topological polar surface area (TPSA) is 78.9 Å². The Labute approximate surface area is 101 Å². The van der Waals surface area contributed by atoms with Gasteiger partial charge in [-0.05, 0) is 13.3 Å². The lowest BCUT2D eigenvalue weighted by Gasteiger charge is -2.31. The molecule has 1 aliphatic rings. The van der Waals surface area contributed by atoms with Crippen LogP contribution in [0.5, 0.6) is 0 Å². The van der Waals surface area contributed by atoms with Crippen molar-refractivity contribution in [2.24, 2.45) is 5.92 Å². The number of amides is 2. The summed E-state index contributed by atoms with van der Waals surface area (Å²) >= 11 is 0. The van der Waals surface area contributed by atoms with E-state index in [9.17, 15) is 9.59 Å². The van der Waals surface area contributed by atoms with Crippen molar-refractivity contribution in [3.8, 4) is 0 Å². The molecule has 1 saturated heterocycles. The number of ether oxygens (including phenoxy) is 1. The number of rotatable bonds is 4. The van der Waals surface area contributed by atoms with Crippen molar-refractivity contribution >= 4 is 12.0 Å². The summed E-state index contributed by atoms with van der Waals surface area (Å²) in [4.78, 5) is 24.2. The highest BCUT2D eigenvalue weighted by Crippen LogP contribution is 2.05. The van der Waals surface area contributed by atoms with Gasteiger partial charge in [0.05, 0.1) is 18.6 Å². The Morgan fingerprint density at radius 3 is 2.82 bits per heavy atom. The first kappa shape index (κ1) is 13.8. The van der Waals surface area contributed by atoms with E-state index in [1.54, 1.807) is 11.8 Å². The molecule has 0 aromatic carbocycles. The van der Waals surface area contributed by atoms with Gasteiger partial charge in [0.2, 0.25) is 0 Å². The first-order chi connectivity index (χ1) is 8.04. The zero-order valence-electron chi connectivity index (χ0n) is 10.3. The van der Waals surface area contributed by atoms with Crippen molar-refractivity contribution in [2.45, 2.75) is 26.4 Å². The Bertz CT molecular complexity index is 283. The maximum absolute atomic E-state index is 11.8. The van der Waals surface area contributed by atoms with E-state index in [4.69, 9.17) is 9.84 Å². The van der Waals surface area contributed by atoms with E-state index in [0.717, 1.165) is 0 Å². The van der Waals surface area contributed by atoms with E-state index in [2.05, 4.69) is 5.32 Å². The molecule has 2 atom stereocenters. The standard InChI is InChI=1S/C11H20N2O4/c1-3-9(10(14)15)6-12-11(16)13-4-5-17-8(2)7-13/h8-9H,3-7H2,1-2H3,(H,12,16)(H,14,15). The van der Waals surface area contributed by atoms with Crippen molar-refractivity contribution in [2.75, 3.05) is 26.2 Å². The number of aliphatic carboxylic acids is 1. The highest BCUT2D eigenvalue weighted by atomic mass is 16.5. The number of morpholine rings is 1. The Balaban J connectivity index is 2.35. The molecule has 0 saturated carbocycles. The number of urea groups is 1. The lowest BCUT2D eigenvalue weighted by atomic mass is 10.1. The molecule has 6 heteroatoms. The number of carbonyl (C=O) groups is 2. The normalized spacial score (nSPS) is 22.0. The highest BCUT2D eigenvalue weighted by Gasteiger charge is 2.22. The van der Waals surface area contributed by atoms with Crippen LogP contribution in [0.1, 0.15) is 20.3 Å². The van der Waals surface area contributed by atoms with Crippen LogP contribution in [0.3, 0.4) is 0 Å². The van der Waals surface area contributed by atoms with Crippen LogP contribution in [0.4, 0.5) is 4.79 Å². The summed E-state index contributed by atoms with van der Waals surface area (Å²) in [5, 5.41) is 11.5. The molecule has 0 aromatic heterocycles. The molecular weight excluding hydrogens is 224 g/mol. The first-order valence-electron chi connectivity index (χ1n) is 5.91. The van der Waals surface area contributed by atoms with Gasteiger partial charge in [0, 0.05) is 19.6 Å². The summed E-state index contributed by atoms with van der Waals surface area (Å²) in [6.45, 7) is 5.52. The summed E-state index contributed by atoms with van der Waals surface area (Å²) in [6.07, 6.45) is 0.547. The van der Waals surface area contributed by atoms with Crippen molar-refractivity contribution < 1.29 is 19.4 Å². The summed E-state index contributed by atoms with van der Waals surface area (Å²) in [5.74, 6) is -1.39. The molecule has 2 N–H and O–H groups in total. The maximum Gasteiger partial charge on any atom is 0.317 e. The average Bonchev–Trinajstić information content (AvgIpc) is 2.29. The summed E-state index contributed by atoms with van der Waals surface area (Å²) in [6, 6.07) is -0.208. The van der Waals surface area contributed by atoms with E-state index in [0.29, 0.717) is 26.1 Å². The third-order valence-corrected chi connectivity index (χ3v) is 2.87. The summed E-state index contributed by atoms with van der Waals surface area (Å²) in [7, 11) is 0. The predicted octanol–water partition coefficient (Wildman–Crippen LogP) is 0.527. The monoisotopic (exact) mass is 244 g/mol. The van der Waals surface area contributed by atoms with Crippen molar-refractivity contribution in [3.05, 3.63) is 0 Å². The van der Waals surface area contributed by atoms with E-state index >= 15 is 0 Å². The zero-order chi connectivity index (χ0) is 12.8. The molecule has 0 radical (unpaired) electrons. The molecule has 6 nitrogen and oxygen atoms in total. The van der Waals surface area contributed by atoms with E-state index in [1.165, 1.54) is 0 Å². The number of carbonyl (C=O) groups excluding carboxylic acids is 1. The van der Waals surface area contributed by atoms with Crippen LogP contribution in [-0.4, -0.2) is 54.4 Å². The number of carboxylic acid groups (broad SMARTS) is 1. The summed E-state index contributed by atoms with van der Waals surface area (Å²) < 4.78 is 5.33. The Morgan fingerprint density at radius 2 is 2.29 bits per heavy atom. The predicted molar refractivity (Wildman–Crippen MR) is 61.8 cm³/mol. The minimum Gasteiger partial charge on any atom is -0.481 e. The molecule has 1 heterocycles. The summed E-state index contributed by atoms with van der Waals surface area (Å²) in [5.41, 5.74) is 0. The largest absolute Gasteiger partial charge is 0.481 e. The molecule has 1 aliphatic heterocycles. The fraction of sp³-hybridized carbons (Fsp3) is 0.818. The van der Waals surface area contributed by atoms with Gasteiger partial charge in [0.25, 0.3) is 0 Å². The smallest absolute Gasteiger partial charge is 0.317 e. The van der Waals surface area contributed by atoms with Gasteiger partial charge in [-0.3, -0.25) is 4.79 Å². The van der Waals surface area contributed by atoms with Gasteiger partial charge >= 0.3 is 12.0 Å². The average molecular weight is 244 g/mol. The highest BCUT2D eigenvalue weighted by molar-refractivity contribution is 5.76. The van der Waals surface area contributed by atoms with Gasteiger partial charge in [0.15, 0.2) is 0 Å². The first-order valence-corrected chi connectivity index (χ1v) is 5.91. The van der Waals surface area contributed by atoms with Crippen LogP contribution in [0.15, 0.2) is 0 Å². The minimum atomic E-state index is -0.872. The van der Waals surface area contributed by atoms with E-state index in [-0.39, 0.29) is 18.7 Å². The van der Waals surface area contributed by atoms with Crippen LogP contribution >= 0.6 is 0 Å². The van der Waals surface area contributed by atoms with E-state index < -0.39 is 11.9 Å². The van der Waals surface area contributed by atoms with Gasteiger partial charge in [0.1, 0.15) is 0 Å². The Kier molecular flexibility index (Phi) is 5.21. The number of nitrogens with zero attached hydrogens (tertiary/aromatic N) is 1. The van der Waals surface area contributed by atoms with Crippen molar-refractivity contribution in [3.63, 3.8) is 0 Å². The van der Waals surface area contributed by atoms with Crippen LogP contribution in [-0.2, 0) is 9.53 Å². The second-order valence-corrected chi connectivity index (χ2v) is 4.26. The molecule has 0 bridgehead atoms. The van der Waals surface area contributed by atoms with Crippen molar-refractivity contribution in [1.82, 2.24) is 10.2 Å². The van der Waals surface area contributed by atoms with Gasteiger partial charge < -0.3 is 20.1 Å². The van der Waals surface area contributed by atoms with Crippen LogP contribution in [0, 0.1) is 5.92 Å². The van der Waals surface area contributed by atoms with Gasteiger partial charge in [-0.25, -0.2) is 4.79 Å². The SMILES string of the molecule is CCC(CNC(=O)N1CCOC(C)C1)C(=O)O. The van der Waals surface area contributed by atoms with Gasteiger partial charge in [-0.2, -0.15) is 0 Å². The molecule has 1 fully saturated rings. The maximum atomic E-state index is 11.8. The second kappa shape index (κ2) is 6.44. The van der Waals surface area contributed by atoms with Crippen LogP contribution in [0.25, 0.3) is 0 Å². The lowest BCUT2D eigenvalue weighted by molar-refractivity contribution is -0.141. The number of nitrogens with one attached hydrogen (secondary N) is 1. The lowest BCUT2D eigenvalue weighted by Crippen LogP contribution is -2.50. The van der Waals surface area contributed by atoms with Gasteiger partial charge in [-0.15, -0.1) is 0 Å². The molecule has 2 amide bonds. The Hall–Kier alpha value is -1.30. The van der Waals surface area contributed by atoms with Gasteiger partial charge in [-0.1, -0.05) is 6.92 Å². The number of carboxylic acids is 1. The number of hydrogen-bond acceptors (Lipinski definition) is 3. The quantitative estimate of drug-likeness (QED) is 0.756. The second-order valence-electron chi connectivity index (χ2n) is 4.26. The molecule has 17 heavy (non-hydrogen) atoms. The van der Waals surface area contributed by atoms with Crippen molar-refractivity contribution in [1.29, 1.82) is 0 Å². The molecule has 98 valence electrons.